The molecule has 72 valence electrons. The minimum absolute atomic E-state index is 0.253. The van der Waals surface area contributed by atoms with Crippen molar-refractivity contribution in [1.82, 2.24) is 4.98 Å². The lowest BCUT2D eigenvalue weighted by Gasteiger charge is -2.09. The minimum Gasteiger partial charge on any atom is -0.481 e. The van der Waals surface area contributed by atoms with E-state index in [2.05, 4.69) is 9.82 Å². The molecule has 13 heavy (non-hydrogen) atoms. The van der Waals surface area contributed by atoms with Crippen LogP contribution in [-0.4, -0.2) is 18.7 Å². The third-order valence-corrected chi connectivity index (χ3v) is 1.88. The molecule has 1 aromatic heterocycles. The van der Waals surface area contributed by atoms with Crippen LogP contribution in [0.2, 0.25) is 0 Å². The summed E-state index contributed by atoms with van der Waals surface area (Å²) in [6.45, 7) is 2.52. The van der Waals surface area contributed by atoms with Gasteiger partial charge >= 0.3 is 0 Å². The number of rotatable bonds is 4. The van der Waals surface area contributed by atoms with Gasteiger partial charge in [-0.25, -0.2) is 10.9 Å². The average molecular weight is 182 g/mol. The molecule has 4 nitrogen and oxygen atoms in total. The summed E-state index contributed by atoms with van der Waals surface area (Å²) in [5.74, 6) is 5.85. The summed E-state index contributed by atoms with van der Waals surface area (Å²) in [4.78, 5) is 8.64. The Bertz CT molecular complexity index is 248. The molecule has 0 amide bonds. The number of methoxy groups -OCH3 is 1. The number of nitrogens with two attached hydrogens (primary N) is 1. The zero-order chi connectivity index (χ0) is 9.68. The Morgan fingerprint density at radius 1 is 1.54 bits per heavy atom. The zero-order valence-corrected chi connectivity index (χ0v) is 7.86. The van der Waals surface area contributed by atoms with E-state index in [1.54, 1.807) is 13.3 Å². The van der Waals surface area contributed by atoms with Crippen molar-refractivity contribution in [2.75, 3.05) is 13.7 Å². The normalized spacial score (nSPS) is 12.5. The van der Waals surface area contributed by atoms with Crippen molar-refractivity contribution in [1.29, 1.82) is 0 Å². The van der Waals surface area contributed by atoms with E-state index in [9.17, 15) is 0 Å². The van der Waals surface area contributed by atoms with Crippen LogP contribution in [0.15, 0.2) is 18.3 Å². The fourth-order valence-electron chi connectivity index (χ4n) is 1.04. The van der Waals surface area contributed by atoms with Gasteiger partial charge in [0.2, 0.25) is 5.88 Å². The summed E-state index contributed by atoms with van der Waals surface area (Å²) in [5.41, 5.74) is 1.09. The van der Waals surface area contributed by atoms with Gasteiger partial charge < -0.3 is 9.57 Å². The molecule has 0 radical (unpaired) electrons. The second-order valence-corrected chi connectivity index (χ2v) is 2.87. The van der Waals surface area contributed by atoms with Crippen molar-refractivity contribution in [3.05, 3.63) is 23.9 Å². The summed E-state index contributed by atoms with van der Waals surface area (Å²) in [7, 11) is 1.59. The molecule has 1 heterocycles. The second-order valence-electron chi connectivity index (χ2n) is 2.87. The standard InChI is InChI=1S/C9H14N2O2/c1-7(6-13-10)8-3-4-9(12-2)11-5-8/h3-5,7H,6,10H2,1-2H3. The van der Waals surface area contributed by atoms with Gasteiger partial charge in [0.1, 0.15) is 0 Å². The van der Waals surface area contributed by atoms with Gasteiger partial charge in [-0.1, -0.05) is 13.0 Å². The number of aromatic nitrogens is 1. The average Bonchev–Trinajstić information content (AvgIpc) is 2.18. The highest BCUT2D eigenvalue weighted by molar-refractivity contribution is 5.20. The molecule has 0 fully saturated rings. The Morgan fingerprint density at radius 2 is 2.31 bits per heavy atom. The fourth-order valence-corrected chi connectivity index (χ4v) is 1.04. The molecule has 0 aromatic carbocycles. The molecule has 4 heteroatoms. The van der Waals surface area contributed by atoms with Crippen molar-refractivity contribution >= 4 is 0 Å². The monoisotopic (exact) mass is 182 g/mol. The third-order valence-electron chi connectivity index (χ3n) is 1.88. The largest absolute Gasteiger partial charge is 0.481 e. The smallest absolute Gasteiger partial charge is 0.212 e. The predicted molar refractivity (Wildman–Crippen MR) is 49.3 cm³/mol. The van der Waals surface area contributed by atoms with Gasteiger partial charge in [0.05, 0.1) is 13.7 Å². The van der Waals surface area contributed by atoms with Crippen molar-refractivity contribution in [2.45, 2.75) is 12.8 Å². The molecular formula is C9H14N2O2. The summed E-state index contributed by atoms with van der Waals surface area (Å²) in [6.07, 6.45) is 1.77. The molecule has 1 rings (SSSR count). The van der Waals surface area contributed by atoms with Gasteiger partial charge in [-0.15, -0.1) is 0 Å². The van der Waals surface area contributed by atoms with E-state index in [1.807, 2.05) is 19.1 Å². The Morgan fingerprint density at radius 3 is 2.77 bits per heavy atom. The fraction of sp³-hybridized carbons (Fsp3) is 0.444. The lowest BCUT2D eigenvalue weighted by Crippen LogP contribution is -2.08. The van der Waals surface area contributed by atoms with E-state index < -0.39 is 0 Å². The minimum atomic E-state index is 0.253. The molecule has 0 aliphatic heterocycles. The first-order chi connectivity index (χ1) is 6.27. The van der Waals surface area contributed by atoms with Crippen molar-refractivity contribution in [3.63, 3.8) is 0 Å². The highest BCUT2D eigenvalue weighted by Crippen LogP contribution is 2.16. The van der Waals surface area contributed by atoms with Crippen LogP contribution in [0, 0.1) is 0 Å². The topological polar surface area (TPSA) is 57.4 Å². The van der Waals surface area contributed by atoms with Crippen LogP contribution in [0.25, 0.3) is 0 Å². The van der Waals surface area contributed by atoms with Crippen LogP contribution in [0.5, 0.6) is 5.88 Å². The molecule has 2 N–H and O–H groups in total. The van der Waals surface area contributed by atoms with Gasteiger partial charge in [0, 0.05) is 18.2 Å². The zero-order valence-electron chi connectivity index (χ0n) is 7.86. The summed E-state index contributed by atoms with van der Waals surface area (Å²) in [6, 6.07) is 3.78. The van der Waals surface area contributed by atoms with Crippen LogP contribution in [-0.2, 0) is 4.84 Å². The van der Waals surface area contributed by atoms with Gasteiger partial charge in [0.15, 0.2) is 0 Å². The van der Waals surface area contributed by atoms with Gasteiger partial charge in [-0.05, 0) is 5.56 Å². The maximum Gasteiger partial charge on any atom is 0.212 e. The molecule has 0 saturated carbocycles. The lowest BCUT2D eigenvalue weighted by atomic mass is 10.1. The van der Waals surface area contributed by atoms with Crippen molar-refractivity contribution in [2.24, 2.45) is 5.90 Å². The number of nitrogens with zero attached hydrogens (tertiary/aromatic N) is 1. The predicted octanol–water partition coefficient (Wildman–Crippen LogP) is 1.08. The van der Waals surface area contributed by atoms with Gasteiger partial charge in [-0.2, -0.15) is 0 Å². The number of hydrogen-bond acceptors (Lipinski definition) is 4. The molecular weight excluding hydrogens is 168 g/mol. The summed E-state index contributed by atoms with van der Waals surface area (Å²) < 4.78 is 4.94. The van der Waals surface area contributed by atoms with E-state index in [-0.39, 0.29) is 5.92 Å². The summed E-state index contributed by atoms with van der Waals surface area (Å²) in [5, 5.41) is 0. The number of pyridine rings is 1. The Balaban J connectivity index is 2.67. The Hall–Kier alpha value is -1.13. The SMILES string of the molecule is COc1ccc(C(C)CON)cn1. The van der Waals surface area contributed by atoms with Crippen LogP contribution in [0.4, 0.5) is 0 Å². The first-order valence-electron chi connectivity index (χ1n) is 4.09. The molecule has 0 saturated heterocycles. The van der Waals surface area contributed by atoms with Crippen molar-refractivity contribution in [3.8, 4) is 5.88 Å². The Kier molecular flexibility index (Phi) is 3.67. The molecule has 0 spiro atoms. The highest BCUT2D eigenvalue weighted by Gasteiger charge is 2.05. The second kappa shape index (κ2) is 4.79. The molecule has 1 aromatic rings. The van der Waals surface area contributed by atoms with Gasteiger partial charge in [-0.3, -0.25) is 0 Å². The van der Waals surface area contributed by atoms with Crippen LogP contribution >= 0.6 is 0 Å². The van der Waals surface area contributed by atoms with E-state index in [4.69, 9.17) is 10.6 Å². The number of hydrogen-bond donors (Lipinski definition) is 1. The first kappa shape index (κ1) is 9.95. The summed E-state index contributed by atoms with van der Waals surface area (Å²) >= 11 is 0. The maximum absolute atomic E-state index is 4.98. The van der Waals surface area contributed by atoms with Gasteiger partial charge in [0.25, 0.3) is 0 Å². The first-order valence-corrected chi connectivity index (χ1v) is 4.09. The van der Waals surface area contributed by atoms with E-state index in [0.717, 1.165) is 5.56 Å². The molecule has 1 atom stereocenters. The highest BCUT2D eigenvalue weighted by atomic mass is 16.6. The molecule has 0 bridgehead atoms. The maximum atomic E-state index is 4.98. The van der Waals surface area contributed by atoms with E-state index in [0.29, 0.717) is 12.5 Å². The van der Waals surface area contributed by atoms with E-state index >= 15 is 0 Å². The Labute approximate surface area is 77.6 Å². The quantitative estimate of drug-likeness (QED) is 0.708. The lowest BCUT2D eigenvalue weighted by molar-refractivity contribution is 0.126. The molecule has 0 aliphatic carbocycles. The van der Waals surface area contributed by atoms with Crippen LogP contribution < -0.4 is 10.6 Å². The van der Waals surface area contributed by atoms with Crippen molar-refractivity contribution < 1.29 is 9.57 Å². The van der Waals surface area contributed by atoms with Crippen LogP contribution in [0.1, 0.15) is 18.4 Å². The molecule has 0 aliphatic rings. The van der Waals surface area contributed by atoms with E-state index in [1.165, 1.54) is 0 Å². The van der Waals surface area contributed by atoms with Crippen LogP contribution in [0.3, 0.4) is 0 Å². The molecule has 1 unspecified atom stereocenters. The third kappa shape index (κ3) is 2.68. The number of ether oxygens (including phenoxy) is 1.